The predicted octanol–water partition coefficient (Wildman–Crippen LogP) is 4.22. The summed E-state index contributed by atoms with van der Waals surface area (Å²) in [7, 11) is 1.57. The van der Waals surface area contributed by atoms with Crippen LogP contribution in [0.5, 0.6) is 5.75 Å². The molecule has 5 nitrogen and oxygen atoms in total. The number of rotatable bonds is 5. The van der Waals surface area contributed by atoms with E-state index in [1.807, 2.05) is 0 Å². The minimum atomic E-state index is -0.432. The van der Waals surface area contributed by atoms with Crippen molar-refractivity contribution >= 4 is 17.3 Å². The number of benzene rings is 2. The Kier molecular flexibility index (Phi) is 5.26. The molecule has 0 fully saturated rings. The number of nitro benzene ring substituents is 1. The van der Waals surface area contributed by atoms with Crippen molar-refractivity contribution in [1.29, 1.82) is 5.26 Å². The van der Waals surface area contributed by atoms with Crippen LogP contribution >= 0.6 is 0 Å². The van der Waals surface area contributed by atoms with Crippen LogP contribution < -0.4 is 4.74 Å². The van der Waals surface area contributed by atoms with Gasteiger partial charge < -0.3 is 4.74 Å². The van der Waals surface area contributed by atoms with E-state index in [0.717, 1.165) is 5.56 Å². The lowest BCUT2D eigenvalue weighted by Crippen LogP contribution is -1.90. The molecule has 0 radical (unpaired) electrons. The van der Waals surface area contributed by atoms with Crippen molar-refractivity contribution in [2.24, 2.45) is 0 Å². The zero-order valence-corrected chi connectivity index (χ0v) is 12.5. The van der Waals surface area contributed by atoms with Crippen LogP contribution in [0.3, 0.4) is 0 Å². The van der Waals surface area contributed by atoms with Crippen molar-refractivity contribution < 1.29 is 9.66 Å². The Balaban J connectivity index is 2.26. The standard InChI is InChI=1S/C18H14N2O3/c1-23-17-11-9-14(10-12-17)16(13-19)7-4-6-15-5-2-3-8-18(15)20(21)22/h2-12H,1H3/b6-4+,16-7-. The Morgan fingerprint density at radius 2 is 1.91 bits per heavy atom. The molecule has 0 heterocycles. The molecule has 0 bridgehead atoms. The predicted molar refractivity (Wildman–Crippen MR) is 88.7 cm³/mol. The molecule has 0 aliphatic rings. The molecule has 0 spiro atoms. The number of hydrogen-bond donors (Lipinski definition) is 0. The lowest BCUT2D eigenvalue weighted by molar-refractivity contribution is -0.385. The largest absolute Gasteiger partial charge is 0.497 e. The van der Waals surface area contributed by atoms with E-state index in [0.29, 0.717) is 16.9 Å². The van der Waals surface area contributed by atoms with E-state index >= 15 is 0 Å². The number of hydrogen-bond acceptors (Lipinski definition) is 4. The SMILES string of the molecule is COc1ccc(/C(C#N)=C\C=C\c2ccccc2[N+](=O)[O-])cc1. The molecule has 0 aromatic heterocycles. The maximum Gasteiger partial charge on any atom is 0.276 e. The highest BCUT2D eigenvalue weighted by molar-refractivity contribution is 5.79. The fourth-order valence-electron chi connectivity index (χ4n) is 2.01. The van der Waals surface area contributed by atoms with Gasteiger partial charge in [0.1, 0.15) is 5.75 Å². The molecular weight excluding hydrogens is 292 g/mol. The first kappa shape index (κ1) is 16.0. The monoisotopic (exact) mass is 306 g/mol. The van der Waals surface area contributed by atoms with Crippen molar-refractivity contribution in [2.75, 3.05) is 7.11 Å². The van der Waals surface area contributed by atoms with Gasteiger partial charge in [-0.1, -0.05) is 18.2 Å². The van der Waals surface area contributed by atoms with Gasteiger partial charge in [-0.15, -0.1) is 0 Å². The molecule has 0 aliphatic carbocycles. The lowest BCUT2D eigenvalue weighted by atomic mass is 10.1. The molecule has 0 saturated carbocycles. The minimum Gasteiger partial charge on any atom is -0.497 e. The number of nitrogens with zero attached hydrogens (tertiary/aromatic N) is 2. The van der Waals surface area contributed by atoms with Gasteiger partial charge >= 0.3 is 0 Å². The second-order valence-electron chi connectivity index (χ2n) is 4.60. The topological polar surface area (TPSA) is 76.2 Å². The van der Waals surface area contributed by atoms with E-state index < -0.39 is 4.92 Å². The van der Waals surface area contributed by atoms with Crippen LogP contribution in [0.2, 0.25) is 0 Å². The number of allylic oxidation sites excluding steroid dienone is 3. The fourth-order valence-corrected chi connectivity index (χ4v) is 2.01. The summed E-state index contributed by atoms with van der Waals surface area (Å²) in [5.74, 6) is 0.710. The molecular formula is C18H14N2O3. The Morgan fingerprint density at radius 3 is 2.52 bits per heavy atom. The van der Waals surface area contributed by atoms with Gasteiger partial charge in [-0.25, -0.2) is 0 Å². The van der Waals surface area contributed by atoms with Crippen LogP contribution in [0, 0.1) is 21.4 Å². The van der Waals surface area contributed by atoms with E-state index in [2.05, 4.69) is 6.07 Å². The molecule has 0 saturated heterocycles. The zero-order valence-electron chi connectivity index (χ0n) is 12.5. The molecule has 23 heavy (non-hydrogen) atoms. The third-order valence-electron chi connectivity index (χ3n) is 3.19. The number of nitriles is 1. The van der Waals surface area contributed by atoms with Gasteiger partial charge in [-0.05, 0) is 48.0 Å². The molecule has 0 atom stereocenters. The van der Waals surface area contributed by atoms with E-state index in [9.17, 15) is 15.4 Å². The minimum absolute atomic E-state index is 0.0279. The van der Waals surface area contributed by atoms with Crippen molar-refractivity contribution in [3.8, 4) is 11.8 Å². The van der Waals surface area contributed by atoms with Gasteiger partial charge in [0.2, 0.25) is 0 Å². The van der Waals surface area contributed by atoms with Crippen LogP contribution in [-0.2, 0) is 0 Å². The number of methoxy groups -OCH3 is 1. The molecule has 114 valence electrons. The first-order chi connectivity index (χ1) is 11.2. The van der Waals surface area contributed by atoms with Crippen molar-refractivity contribution in [1.82, 2.24) is 0 Å². The summed E-state index contributed by atoms with van der Waals surface area (Å²) in [4.78, 5) is 10.5. The van der Waals surface area contributed by atoms with E-state index in [1.54, 1.807) is 67.8 Å². The summed E-state index contributed by atoms with van der Waals surface area (Å²) in [6.07, 6.45) is 4.86. The maximum atomic E-state index is 10.9. The lowest BCUT2D eigenvalue weighted by Gasteiger charge is -2.01. The van der Waals surface area contributed by atoms with Crippen LogP contribution in [0.1, 0.15) is 11.1 Å². The quantitative estimate of drug-likeness (QED) is 0.358. The fraction of sp³-hybridized carbons (Fsp3) is 0.0556. The van der Waals surface area contributed by atoms with Crippen molar-refractivity contribution in [3.05, 3.63) is 81.9 Å². The number of para-hydroxylation sites is 1. The van der Waals surface area contributed by atoms with Crippen molar-refractivity contribution in [2.45, 2.75) is 0 Å². The smallest absolute Gasteiger partial charge is 0.276 e. The normalized spacial score (nSPS) is 11.2. The van der Waals surface area contributed by atoms with Crippen LogP contribution in [0.25, 0.3) is 11.6 Å². The van der Waals surface area contributed by atoms with Gasteiger partial charge in [0.25, 0.3) is 5.69 Å². The van der Waals surface area contributed by atoms with E-state index in [4.69, 9.17) is 4.74 Å². The number of ether oxygens (including phenoxy) is 1. The second kappa shape index (κ2) is 7.57. The first-order valence-corrected chi connectivity index (χ1v) is 6.82. The highest BCUT2D eigenvalue weighted by Crippen LogP contribution is 2.21. The van der Waals surface area contributed by atoms with E-state index in [1.165, 1.54) is 6.07 Å². The average molecular weight is 306 g/mol. The Bertz CT molecular complexity index is 800. The molecule has 0 N–H and O–H groups in total. The summed E-state index contributed by atoms with van der Waals surface area (Å²) in [6, 6.07) is 15.7. The summed E-state index contributed by atoms with van der Waals surface area (Å²) < 4.78 is 5.08. The van der Waals surface area contributed by atoms with E-state index in [-0.39, 0.29) is 5.69 Å². The maximum absolute atomic E-state index is 10.9. The highest BCUT2D eigenvalue weighted by Gasteiger charge is 2.08. The van der Waals surface area contributed by atoms with Gasteiger partial charge in [0.15, 0.2) is 0 Å². The second-order valence-corrected chi connectivity index (χ2v) is 4.60. The molecule has 5 heteroatoms. The van der Waals surface area contributed by atoms with Gasteiger partial charge in [-0.3, -0.25) is 10.1 Å². The molecule has 2 rings (SSSR count). The Morgan fingerprint density at radius 1 is 1.22 bits per heavy atom. The van der Waals surface area contributed by atoms with Crippen LogP contribution in [0.4, 0.5) is 5.69 Å². The summed E-state index contributed by atoms with van der Waals surface area (Å²) in [5, 5.41) is 20.2. The third kappa shape index (κ3) is 4.05. The molecule has 0 aliphatic heterocycles. The van der Waals surface area contributed by atoms with Gasteiger partial charge in [0.05, 0.1) is 29.2 Å². The molecule has 0 amide bonds. The Labute approximate surface area is 133 Å². The summed E-state index contributed by atoms with van der Waals surface area (Å²) in [5.41, 5.74) is 1.73. The first-order valence-electron chi connectivity index (χ1n) is 6.82. The number of nitro groups is 1. The van der Waals surface area contributed by atoms with Crippen molar-refractivity contribution in [3.63, 3.8) is 0 Å². The third-order valence-corrected chi connectivity index (χ3v) is 3.19. The summed E-state index contributed by atoms with van der Waals surface area (Å²) in [6.45, 7) is 0. The highest BCUT2D eigenvalue weighted by atomic mass is 16.6. The van der Waals surface area contributed by atoms with Crippen LogP contribution in [0.15, 0.2) is 60.7 Å². The van der Waals surface area contributed by atoms with Gasteiger partial charge in [0, 0.05) is 6.07 Å². The Hall–Kier alpha value is -3.39. The average Bonchev–Trinajstić information content (AvgIpc) is 2.59. The summed E-state index contributed by atoms with van der Waals surface area (Å²) >= 11 is 0. The zero-order chi connectivity index (χ0) is 16.7. The molecule has 0 unspecified atom stereocenters. The molecule has 2 aromatic rings. The molecule has 2 aromatic carbocycles. The van der Waals surface area contributed by atoms with Crippen LogP contribution in [-0.4, -0.2) is 12.0 Å². The van der Waals surface area contributed by atoms with Gasteiger partial charge in [-0.2, -0.15) is 5.26 Å².